The van der Waals surface area contributed by atoms with Gasteiger partial charge in [-0.1, -0.05) is 29.3 Å². The molecule has 1 fully saturated rings. The highest BCUT2D eigenvalue weighted by atomic mass is 35.5. The molecule has 3 rings (SSSR count). The fraction of sp³-hybridized carbons (Fsp3) is 0.350. The summed E-state index contributed by atoms with van der Waals surface area (Å²) in [4.78, 5) is 13.4. The third-order valence-electron chi connectivity index (χ3n) is 4.97. The number of cyclic esters (lactones) is 1. The van der Waals surface area contributed by atoms with Crippen molar-refractivity contribution < 1.29 is 41.0 Å². The number of alkyl halides is 6. The van der Waals surface area contributed by atoms with E-state index in [4.69, 9.17) is 27.9 Å². The van der Waals surface area contributed by atoms with E-state index >= 15 is 0 Å². The standard InChI is InChI=1S/C20H15Cl2F6NO3/c21-15-2-1-12(8-16(15)22)18(3-4-30)10-29(17(31)32-18)9-11-5-13(19(23,24)25)7-14(6-11)20(26,27)28/h1-2,5-8,30H,3-4,9-10H2. The summed E-state index contributed by atoms with van der Waals surface area (Å²) in [6.45, 7) is -1.22. The molecule has 1 N–H and O–H groups in total. The van der Waals surface area contributed by atoms with E-state index in [2.05, 4.69) is 0 Å². The Kier molecular flexibility index (Phi) is 6.61. The number of aliphatic hydroxyl groups excluding tert-OH is 1. The van der Waals surface area contributed by atoms with Crippen LogP contribution in [0.5, 0.6) is 0 Å². The van der Waals surface area contributed by atoms with Gasteiger partial charge in [0.05, 0.1) is 27.7 Å². The molecular formula is C20H15Cl2F6NO3. The molecule has 0 radical (unpaired) electrons. The van der Waals surface area contributed by atoms with Crippen LogP contribution in [0.4, 0.5) is 31.1 Å². The van der Waals surface area contributed by atoms with Gasteiger partial charge in [-0.3, -0.25) is 4.90 Å². The maximum Gasteiger partial charge on any atom is 0.416 e. The largest absolute Gasteiger partial charge is 0.436 e. The van der Waals surface area contributed by atoms with E-state index in [1.165, 1.54) is 18.2 Å². The van der Waals surface area contributed by atoms with Crippen LogP contribution in [0.25, 0.3) is 0 Å². The van der Waals surface area contributed by atoms with Crippen LogP contribution in [0.1, 0.15) is 28.7 Å². The molecule has 1 amide bonds. The molecule has 0 aliphatic carbocycles. The third kappa shape index (κ3) is 5.07. The van der Waals surface area contributed by atoms with Gasteiger partial charge in [0, 0.05) is 19.6 Å². The van der Waals surface area contributed by atoms with Crippen molar-refractivity contribution in [1.29, 1.82) is 0 Å². The summed E-state index contributed by atoms with van der Waals surface area (Å²) in [5.41, 5.74) is -4.38. The first-order chi connectivity index (χ1) is 14.7. The molecule has 1 heterocycles. The number of aliphatic hydroxyl groups is 1. The van der Waals surface area contributed by atoms with Crippen molar-refractivity contribution in [3.8, 4) is 0 Å². The smallest absolute Gasteiger partial charge is 0.416 e. The Bertz CT molecular complexity index is 995. The van der Waals surface area contributed by atoms with Gasteiger partial charge in [-0.2, -0.15) is 26.3 Å². The average molecular weight is 502 g/mol. The van der Waals surface area contributed by atoms with Crippen molar-refractivity contribution in [3.63, 3.8) is 0 Å². The first kappa shape index (κ1) is 24.5. The number of carbonyl (C=O) groups is 1. The van der Waals surface area contributed by atoms with Gasteiger partial charge in [0.25, 0.3) is 0 Å². The fourth-order valence-corrected chi connectivity index (χ4v) is 3.77. The number of halogens is 8. The van der Waals surface area contributed by atoms with Crippen LogP contribution in [0, 0.1) is 0 Å². The van der Waals surface area contributed by atoms with E-state index in [-0.39, 0.29) is 34.6 Å². The van der Waals surface area contributed by atoms with E-state index in [0.717, 1.165) is 4.90 Å². The second-order valence-corrected chi connectivity index (χ2v) is 8.05. The summed E-state index contributed by atoms with van der Waals surface area (Å²) in [5, 5.41) is 9.84. The van der Waals surface area contributed by atoms with Gasteiger partial charge < -0.3 is 9.84 Å². The molecule has 1 saturated heterocycles. The monoisotopic (exact) mass is 501 g/mol. The number of hydrogen-bond donors (Lipinski definition) is 1. The van der Waals surface area contributed by atoms with Crippen molar-refractivity contribution in [2.75, 3.05) is 13.2 Å². The molecule has 1 atom stereocenters. The molecule has 0 aromatic heterocycles. The Morgan fingerprint density at radius 1 is 0.969 bits per heavy atom. The van der Waals surface area contributed by atoms with Crippen molar-refractivity contribution in [2.24, 2.45) is 0 Å². The minimum Gasteiger partial charge on any atom is -0.436 e. The molecule has 0 bridgehead atoms. The molecule has 2 aromatic rings. The zero-order chi connectivity index (χ0) is 23.9. The van der Waals surface area contributed by atoms with E-state index in [9.17, 15) is 36.2 Å². The Morgan fingerprint density at radius 2 is 1.56 bits per heavy atom. The zero-order valence-electron chi connectivity index (χ0n) is 16.0. The normalized spacial score (nSPS) is 19.4. The number of benzene rings is 2. The predicted molar refractivity (Wildman–Crippen MR) is 103 cm³/mol. The third-order valence-corrected chi connectivity index (χ3v) is 5.71. The van der Waals surface area contributed by atoms with E-state index in [0.29, 0.717) is 17.7 Å². The van der Waals surface area contributed by atoms with Crippen LogP contribution in [-0.4, -0.2) is 29.3 Å². The highest BCUT2D eigenvalue weighted by molar-refractivity contribution is 6.42. The molecular weight excluding hydrogens is 487 g/mol. The minimum absolute atomic E-state index is 0.0115. The molecule has 0 spiro atoms. The van der Waals surface area contributed by atoms with Crippen LogP contribution in [0.3, 0.4) is 0 Å². The van der Waals surface area contributed by atoms with Crippen molar-refractivity contribution in [2.45, 2.75) is 30.9 Å². The molecule has 0 saturated carbocycles. The summed E-state index contributed by atoms with van der Waals surface area (Å²) in [6, 6.07) is 5.48. The van der Waals surface area contributed by atoms with Crippen LogP contribution in [-0.2, 0) is 29.2 Å². The summed E-state index contributed by atoms with van der Waals surface area (Å²) in [5.74, 6) is 0. The minimum atomic E-state index is -5.01. The Morgan fingerprint density at radius 3 is 2.06 bits per heavy atom. The molecule has 2 aromatic carbocycles. The molecule has 174 valence electrons. The van der Waals surface area contributed by atoms with Crippen LogP contribution < -0.4 is 0 Å². The molecule has 12 heteroatoms. The van der Waals surface area contributed by atoms with E-state index in [1.54, 1.807) is 0 Å². The van der Waals surface area contributed by atoms with Crippen molar-refractivity contribution >= 4 is 29.3 Å². The molecule has 4 nitrogen and oxygen atoms in total. The Balaban J connectivity index is 1.96. The molecule has 1 aliphatic rings. The lowest BCUT2D eigenvalue weighted by Gasteiger charge is -2.27. The SMILES string of the molecule is O=C1OC(CCO)(c2ccc(Cl)c(Cl)c2)CN1Cc1cc(C(F)(F)F)cc(C(F)(F)F)c1. The molecule has 1 aliphatic heterocycles. The number of hydrogen-bond acceptors (Lipinski definition) is 3. The second kappa shape index (κ2) is 8.64. The quantitative estimate of drug-likeness (QED) is 0.492. The Labute approximate surface area is 188 Å². The lowest BCUT2D eigenvalue weighted by Crippen LogP contribution is -2.33. The summed E-state index contributed by atoms with van der Waals surface area (Å²) >= 11 is 11.9. The lowest BCUT2D eigenvalue weighted by atomic mass is 9.90. The van der Waals surface area contributed by atoms with Gasteiger partial charge >= 0.3 is 18.4 Å². The van der Waals surface area contributed by atoms with Gasteiger partial charge in [-0.25, -0.2) is 4.79 Å². The number of ether oxygens (including phenoxy) is 1. The van der Waals surface area contributed by atoms with Gasteiger partial charge in [0.2, 0.25) is 0 Å². The highest BCUT2D eigenvalue weighted by Gasteiger charge is 2.46. The molecule has 32 heavy (non-hydrogen) atoms. The van der Waals surface area contributed by atoms with Crippen LogP contribution >= 0.6 is 23.2 Å². The van der Waals surface area contributed by atoms with Crippen LogP contribution in [0.2, 0.25) is 10.0 Å². The second-order valence-electron chi connectivity index (χ2n) is 7.23. The maximum atomic E-state index is 13.1. The summed E-state index contributed by atoms with van der Waals surface area (Å²) in [6.07, 6.45) is -11.1. The van der Waals surface area contributed by atoms with Gasteiger partial charge in [0.1, 0.15) is 0 Å². The lowest BCUT2D eigenvalue weighted by molar-refractivity contribution is -0.143. The van der Waals surface area contributed by atoms with Crippen LogP contribution in [0.15, 0.2) is 36.4 Å². The number of rotatable bonds is 5. The summed E-state index contributed by atoms with van der Waals surface area (Å²) in [7, 11) is 0. The van der Waals surface area contributed by atoms with E-state index in [1.807, 2.05) is 0 Å². The first-order valence-electron chi connectivity index (χ1n) is 9.08. The Hall–Kier alpha value is -2.17. The number of nitrogens with zero attached hydrogens (tertiary/aromatic N) is 1. The predicted octanol–water partition coefficient (Wildman–Crippen LogP) is 6.26. The zero-order valence-corrected chi connectivity index (χ0v) is 17.5. The maximum absolute atomic E-state index is 13.1. The number of amides is 1. The average Bonchev–Trinajstić information content (AvgIpc) is 2.99. The molecule has 1 unspecified atom stereocenters. The van der Waals surface area contributed by atoms with Crippen molar-refractivity contribution in [3.05, 3.63) is 68.7 Å². The fourth-order valence-electron chi connectivity index (χ4n) is 3.47. The van der Waals surface area contributed by atoms with Gasteiger partial charge in [0.15, 0.2) is 5.60 Å². The first-order valence-corrected chi connectivity index (χ1v) is 9.83. The summed E-state index contributed by atoms with van der Waals surface area (Å²) < 4.78 is 84.1. The highest BCUT2D eigenvalue weighted by Crippen LogP contribution is 2.40. The van der Waals surface area contributed by atoms with Gasteiger partial charge in [-0.05, 0) is 41.5 Å². The van der Waals surface area contributed by atoms with E-state index < -0.39 is 48.3 Å². The van der Waals surface area contributed by atoms with Gasteiger partial charge in [-0.15, -0.1) is 0 Å². The topological polar surface area (TPSA) is 49.8 Å². The number of carbonyl (C=O) groups excluding carboxylic acids is 1. The van der Waals surface area contributed by atoms with Crippen molar-refractivity contribution in [1.82, 2.24) is 4.90 Å².